The first-order valence-electron chi connectivity index (χ1n) is 8.40. The van der Waals surface area contributed by atoms with Crippen molar-refractivity contribution < 1.29 is 9.90 Å². The largest absolute Gasteiger partial charge is 0.392 e. The summed E-state index contributed by atoms with van der Waals surface area (Å²) in [7, 11) is 0. The van der Waals surface area contributed by atoms with Crippen LogP contribution in [0.2, 0.25) is 0 Å². The first-order valence-corrected chi connectivity index (χ1v) is 8.40. The van der Waals surface area contributed by atoms with Gasteiger partial charge in [-0.15, -0.1) is 0 Å². The first-order chi connectivity index (χ1) is 11.3. The fourth-order valence-electron chi connectivity index (χ4n) is 3.42. The zero-order valence-electron chi connectivity index (χ0n) is 15.3. The SMILES string of the molecule is CC(=O)c1c(C)cc(C)c(CN(CC(C)O)c2ccccc2)c1C. The molecule has 3 heteroatoms. The quantitative estimate of drug-likeness (QED) is 0.809. The Hall–Kier alpha value is -2.13. The van der Waals surface area contributed by atoms with Crippen molar-refractivity contribution in [3.8, 4) is 0 Å². The van der Waals surface area contributed by atoms with Gasteiger partial charge >= 0.3 is 0 Å². The molecular weight excluding hydrogens is 298 g/mol. The van der Waals surface area contributed by atoms with Crippen LogP contribution in [0.4, 0.5) is 5.69 Å². The molecular formula is C21H27NO2. The van der Waals surface area contributed by atoms with Gasteiger partial charge in [0, 0.05) is 24.3 Å². The van der Waals surface area contributed by atoms with E-state index < -0.39 is 6.10 Å². The van der Waals surface area contributed by atoms with Crippen molar-refractivity contribution in [2.24, 2.45) is 0 Å². The highest BCUT2D eigenvalue weighted by Gasteiger charge is 2.17. The van der Waals surface area contributed by atoms with E-state index in [9.17, 15) is 9.90 Å². The highest BCUT2D eigenvalue weighted by atomic mass is 16.3. The molecule has 0 aliphatic carbocycles. The Morgan fingerprint density at radius 2 is 1.75 bits per heavy atom. The summed E-state index contributed by atoms with van der Waals surface area (Å²) < 4.78 is 0. The molecule has 24 heavy (non-hydrogen) atoms. The molecule has 1 atom stereocenters. The number of carbonyl (C=O) groups excluding carboxylic acids is 1. The summed E-state index contributed by atoms with van der Waals surface area (Å²) in [5, 5.41) is 9.89. The molecule has 2 aromatic rings. The second-order valence-electron chi connectivity index (χ2n) is 6.61. The van der Waals surface area contributed by atoms with Gasteiger partial charge in [0.1, 0.15) is 0 Å². The summed E-state index contributed by atoms with van der Waals surface area (Å²) in [6.07, 6.45) is -0.427. The number of para-hydroxylation sites is 1. The number of hydrogen-bond donors (Lipinski definition) is 1. The lowest BCUT2D eigenvalue weighted by Crippen LogP contribution is -2.31. The highest BCUT2D eigenvalue weighted by Crippen LogP contribution is 2.26. The zero-order valence-corrected chi connectivity index (χ0v) is 15.3. The van der Waals surface area contributed by atoms with Gasteiger partial charge in [0.25, 0.3) is 0 Å². The molecule has 0 aliphatic heterocycles. The second kappa shape index (κ2) is 7.63. The third-order valence-corrected chi connectivity index (χ3v) is 4.44. The van der Waals surface area contributed by atoms with E-state index in [4.69, 9.17) is 0 Å². The summed E-state index contributed by atoms with van der Waals surface area (Å²) in [5.74, 6) is 0.105. The molecule has 0 aromatic heterocycles. The Labute approximate surface area is 144 Å². The van der Waals surface area contributed by atoms with Gasteiger partial charge in [-0.2, -0.15) is 0 Å². The number of anilines is 1. The summed E-state index contributed by atoms with van der Waals surface area (Å²) in [6.45, 7) is 10.7. The standard InChI is InChI=1S/C21H27NO2/c1-14-11-15(2)21(18(5)24)17(4)20(14)13-22(12-16(3)23)19-9-7-6-8-10-19/h6-11,16,23H,12-13H2,1-5H3. The predicted octanol–water partition coefficient (Wildman–Crippen LogP) is 4.20. The van der Waals surface area contributed by atoms with Gasteiger partial charge in [-0.05, 0) is 69.0 Å². The number of rotatable bonds is 6. The van der Waals surface area contributed by atoms with Crippen LogP contribution in [0.1, 0.15) is 46.5 Å². The molecule has 1 unspecified atom stereocenters. The van der Waals surface area contributed by atoms with Gasteiger partial charge in [0.05, 0.1) is 6.10 Å². The highest BCUT2D eigenvalue weighted by molar-refractivity contribution is 5.97. The van der Waals surface area contributed by atoms with E-state index in [1.807, 2.05) is 44.2 Å². The number of ketones is 1. The van der Waals surface area contributed by atoms with Gasteiger partial charge in [-0.3, -0.25) is 4.79 Å². The van der Waals surface area contributed by atoms with Gasteiger partial charge < -0.3 is 10.0 Å². The Balaban J connectivity index is 2.46. The molecule has 128 valence electrons. The molecule has 3 nitrogen and oxygen atoms in total. The molecule has 0 radical (unpaired) electrons. The number of hydrogen-bond acceptors (Lipinski definition) is 3. The average Bonchev–Trinajstić information content (AvgIpc) is 2.50. The van der Waals surface area contributed by atoms with Crippen LogP contribution in [-0.4, -0.2) is 23.5 Å². The first kappa shape index (κ1) is 18.2. The zero-order chi connectivity index (χ0) is 17.9. The van der Waals surface area contributed by atoms with Crippen molar-refractivity contribution in [1.29, 1.82) is 0 Å². The van der Waals surface area contributed by atoms with Crippen LogP contribution in [0.5, 0.6) is 0 Å². The number of benzene rings is 2. The summed E-state index contributed by atoms with van der Waals surface area (Å²) >= 11 is 0. The number of aliphatic hydroxyl groups excluding tert-OH is 1. The second-order valence-corrected chi connectivity index (χ2v) is 6.61. The summed E-state index contributed by atoms with van der Waals surface area (Å²) in [6, 6.07) is 12.2. The molecule has 0 fully saturated rings. The van der Waals surface area contributed by atoms with E-state index in [1.54, 1.807) is 13.8 Å². The van der Waals surface area contributed by atoms with Crippen LogP contribution < -0.4 is 4.90 Å². The molecule has 0 spiro atoms. The lowest BCUT2D eigenvalue weighted by Gasteiger charge is -2.28. The van der Waals surface area contributed by atoms with Gasteiger partial charge in [-0.25, -0.2) is 0 Å². The number of aryl methyl sites for hydroxylation is 2. The van der Waals surface area contributed by atoms with Gasteiger partial charge in [-0.1, -0.05) is 24.3 Å². The summed E-state index contributed by atoms with van der Waals surface area (Å²) in [4.78, 5) is 14.2. The van der Waals surface area contributed by atoms with E-state index in [1.165, 1.54) is 5.56 Å². The number of carbonyl (C=O) groups is 1. The van der Waals surface area contributed by atoms with Crippen LogP contribution in [-0.2, 0) is 6.54 Å². The molecule has 0 saturated heterocycles. The number of nitrogens with zero attached hydrogens (tertiary/aromatic N) is 1. The number of aliphatic hydroxyl groups is 1. The van der Waals surface area contributed by atoms with Crippen molar-refractivity contribution >= 4 is 11.5 Å². The minimum absolute atomic E-state index is 0.105. The monoisotopic (exact) mass is 325 g/mol. The fraction of sp³-hybridized carbons (Fsp3) is 0.381. The van der Waals surface area contributed by atoms with Crippen LogP contribution >= 0.6 is 0 Å². The van der Waals surface area contributed by atoms with Crippen LogP contribution in [0.25, 0.3) is 0 Å². The smallest absolute Gasteiger partial charge is 0.160 e. The van der Waals surface area contributed by atoms with E-state index in [0.29, 0.717) is 13.1 Å². The van der Waals surface area contributed by atoms with Crippen LogP contribution in [0.15, 0.2) is 36.4 Å². The topological polar surface area (TPSA) is 40.5 Å². The molecule has 2 rings (SSSR count). The van der Waals surface area contributed by atoms with Crippen LogP contribution in [0, 0.1) is 20.8 Å². The third-order valence-electron chi connectivity index (χ3n) is 4.44. The molecule has 1 N–H and O–H groups in total. The van der Waals surface area contributed by atoms with E-state index >= 15 is 0 Å². The maximum atomic E-state index is 12.0. The van der Waals surface area contributed by atoms with Crippen molar-refractivity contribution in [3.05, 3.63) is 64.2 Å². The Kier molecular flexibility index (Phi) is 5.79. The van der Waals surface area contributed by atoms with Crippen molar-refractivity contribution in [2.75, 3.05) is 11.4 Å². The lowest BCUT2D eigenvalue weighted by atomic mass is 9.91. The molecule has 0 saturated carbocycles. The molecule has 0 amide bonds. The third kappa shape index (κ3) is 4.04. The van der Waals surface area contributed by atoms with E-state index in [-0.39, 0.29) is 5.78 Å². The van der Waals surface area contributed by atoms with Crippen molar-refractivity contribution in [2.45, 2.75) is 47.3 Å². The lowest BCUT2D eigenvalue weighted by molar-refractivity contribution is 0.101. The van der Waals surface area contributed by atoms with Crippen LogP contribution in [0.3, 0.4) is 0 Å². The number of Topliss-reactive ketones (excluding diaryl/α,β-unsaturated/α-hetero) is 1. The predicted molar refractivity (Wildman–Crippen MR) is 99.8 cm³/mol. The van der Waals surface area contributed by atoms with E-state index in [2.05, 4.69) is 17.9 Å². The Morgan fingerprint density at radius 3 is 2.29 bits per heavy atom. The van der Waals surface area contributed by atoms with Gasteiger partial charge in [0.2, 0.25) is 0 Å². The molecule has 0 heterocycles. The normalized spacial score (nSPS) is 12.1. The Bertz CT molecular complexity index is 720. The van der Waals surface area contributed by atoms with Crippen molar-refractivity contribution in [1.82, 2.24) is 0 Å². The summed E-state index contributed by atoms with van der Waals surface area (Å²) in [5.41, 5.74) is 6.31. The molecule has 2 aromatic carbocycles. The fourth-order valence-corrected chi connectivity index (χ4v) is 3.42. The molecule has 0 bridgehead atoms. The minimum atomic E-state index is -0.427. The minimum Gasteiger partial charge on any atom is -0.392 e. The molecule has 0 aliphatic rings. The Morgan fingerprint density at radius 1 is 1.12 bits per heavy atom. The van der Waals surface area contributed by atoms with Crippen molar-refractivity contribution in [3.63, 3.8) is 0 Å². The maximum Gasteiger partial charge on any atom is 0.160 e. The van der Waals surface area contributed by atoms with E-state index in [0.717, 1.165) is 27.9 Å². The van der Waals surface area contributed by atoms with Gasteiger partial charge in [0.15, 0.2) is 5.78 Å². The average molecular weight is 325 g/mol. The maximum absolute atomic E-state index is 12.0.